The van der Waals surface area contributed by atoms with Gasteiger partial charge in [0.25, 0.3) is 0 Å². The summed E-state index contributed by atoms with van der Waals surface area (Å²) < 4.78 is 0. The van der Waals surface area contributed by atoms with Crippen molar-refractivity contribution in [2.75, 3.05) is 0 Å². The molecular weight excluding hydrogens is 184 g/mol. The van der Waals surface area contributed by atoms with Gasteiger partial charge in [-0.05, 0) is 30.6 Å². The van der Waals surface area contributed by atoms with E-state index in [9.17, 15) is 0 Å². The monoisotopic (exact) mass is 212 g/mol. The Hall–Kier alpha value is -0.0800. The molecule has 3 unspecified atom stereocenters. The van der Waals surface area contributed by atoms with Crippen LogP contribution in [0.2, 0.25) is 0 Å². The molecule has 2 nitrogen and oxygen atoms in total. The predicted octanol–water partition coefficient (Wildman–Crippen LogP) is 3.08. The molecule has 3 atom stereocenters. The molecular formula is C13H28N2. The minimum absolute atomic E-state index is 0.552. The number of nitrogens with one attached hydrogen (secondary N) is 1. The van der Waals surface area contributed by atoms with E-state index < -0.39 is 0 Å². The topological polar surface area (TPSA) is 38.0 Å². The lowest BCUT2D eigenvalue weighted by atomic mass is 9.84. The molecule has 0 radical (unpaired) electrons. The first-order valence-corrected chi connectivity index (χ1v) is 6.72. The van der Waals surface area contributed by atoms with Gasteiger partial charge in [0.1, 0.15) is 0 Å². The highest BCUT2D eigenvalue weighted by Crippen LogP contribution is 2.37. The van der Waals surface area contributed by atoms with Gasteiger partial charge in [0.05, 0.1) is 0 Å². The molecule has 1 aliphatic rings. The zero-order chi connectivity index (χ0) is 11.3. The summed E-state index contributed by atoms with van der Waals surface area (Å²) in [6.07, 6.45) is 8.03. The van der Waals surface area contributed by atoms with E-state index in [1.165, 1.54) is 38.5 Å². The Labute approximate surface area is 95.0 Å². The molecule has 2 heteroatoms. The molecule has 0 heterocycles. The van der Waals surface area contributed by atoms with E-state index in [0.29, 0.717) is 6.04 Å². The summed E-state index contributed by atoms with van der Waals surface area (Å²) in [5, 5.41) is 0. The van der Waals surface area contributed by atoms with E-state index in [4.69, 9.17) is 5.84 Å². The zero-order valence-electron chi connectivity index (χ0n) is 10.6. The van der Waals surface area contributed by atoms with Crippen LogP contribution in [0, 0.1) is 17.8 Å². The maximum absolute atomic E-state index is 5.74. The second kappa shape index (κ2) is 6.49. The van der Waals surface area contributed by atoms with E-state index in [1.807, 2.05) is 0 Å². The highest BCUT2D eigenvalue weighted by molar-refractivity contribution is 4.86. The average Bonchev–Trinajstić information content (AvgIpc) is 2.73. The summed E-state index contributed by atoms with van der Waals surface area (Å²) in [5.41, 5.74) is 3.09. The maximum Gasteiger partial charge on any atom is 0.0266 e. The number of nitrogens with two attached hydrogens (primary N) is 1. The smallest absolute Gasteiger partial charge is 0.0266 e. The number of rotatable bonds is 6. The molecule has 15 heavy (non-hydrogen) atoms. The fraction of sp³-hybridized carbons (Fsp3) is 1.00. The van der Waals surface area contributed by atoms with Crippen molar-refractivity contribution < 1.29 is 0 Å². The molecule has 0 aromatic rings. The van der Waals surface area contributed by atoms with Crippen molar-refractivity contribution >= 4 is 0 Å². The van der Waals surface area contributed by atoms with Gasteiger partial charge in [0, 0.05) is 6.04 Å². The Morgan fingerprint density at radius 2 is 1.87 bits per heavy atom. The van der Waals surface area contributed by atoms with Crippen LogP contribution in [-0.4, -0.2) is 6.04 Å². The summed E-state index contributed by atoms with van der Waals surface area (Å²) in [6, 6.07) is 0.552. The summed E-state index contributed by atoms with van der Waals surface area (Å²) in [6.45, 7) is 6.88. The Morgan fingerprint density at radius 1 is 1.20 bits per heavy atom. The minimum atomic E-state index is 0.552. The van der Waals surface area contributed by atoms with E-state index in [2.05, 4.69) is 26.2 Å². The third-order valence-corrected chi connectivity index (χ3v) is 4.42. The first-order chi connectivity index (χ1) is 7.26. The largest absolute Gasteiger partial charge is 0.271 e. The molecule has 1 saturated carbocycles. The Balaban J connectivity index is 2.51. The van der Waals surface area contributed by atoms with E-state index in [1.54, 1.807) is 0 Å². The first kappa shape index (κ1) is 13.0. The van der Waals surface area contributed by atoms with Crippen LogP contribution in [0.4, 0.5) is 0 Å². The third-order valence-electron chi connectivity index (χ3n) is 4.42. The van der Waals surface area contributed by atoms with Crippen LogP contribution in [0.15, 0.2) is 0 Å². The maximum atomic E-state index is 5.74. The number of hydrogen-bond acceptors (Lipinski definition) is 2. The van der Waals surface area contributed by atoms with E-state index in [-0.39, 0.29) is 0 Å². The van der Waals surface area contributed by atoms with Gasteiger partial charge in [-0.3, -0.25) is 11.3 Å². The van der Waals surface area contributed by atoms with Crippen molar-refractivity contribution in [1.29, 1.82) is 0 Å². The molecule has 3 N–H and O–H groups in total. The summed E-state index contributed by atoms with van der Waals surface area (Å²) in [4.78, 5) is 0. The van der Waals surface area contributed by atoms with Crippen LogP contribution in [0.25, 0.3) is 0 Å². The lowest BCUT2D eigenvalue weighted by Gasteiger charge is -2.30. The highest BCUT2D eigenvalue weighted by atomic mass is 15.2. The predicted molar refractivity (Wildman–Crippen MR) is 66.3 cm³/mol. The van der Waals surface area contributed by atoms with Gasteiger partial charge in [-0.2, -0.15) is 0 Å². The van der Waals surface area contributed by atoms with Crippen molar-refractivity contribution in [2.24, 2.45) is 23.6 Å². The number of hydrogen-bond donors (Lipinski definition) is 2. The van der Waals surface area contributed by atoms with E-state index in [0.717, 1.165) is 17.8 Å². The van der Waals surface area contributed by atoms with Crippen molar-refractivity contribution in [3.8, 4) is 0 Å². The summed E-state index contributed by atoms with van der Waals surface area (Å²) in [5.74, 6) is 8.28. The van der Waals surface area contributed by atoms with Crippen molar-refractivity contribution in [3.05, 3.63) is 0 Å². The lowest BCUT2D eigenvalue weighted by Crippen LogP contribution is -2.45. The third kappa shape index (κ3) is 3.18. The van der Waals surface area contributed by atoms with Crippen LogP contribution >= 0.6 is 0 Å². The highest BCUT2D eigenvalue weighted by Gasteiger charge is 2.32. The van der Waals surface area contributed by atoms with Crippen LogP contribution < -0.4 is 11.3 Å². The van der Waals surface area contributed by atoms with Crippen molar-refractivity contribution in [1.82, 2.24) is 5.43 Å². The Bertz CT molecular complexity index is 166. The second-order valence-electron chi connectivity index (χ2n) is 5.12. The molecule has 1 fully saturated rings. The zero-order valence-corrected chi connectivity index (χ0v) is 10.6. The van der Waals surface area contributed by atoms with Crippen LogP contribution in [0.5, 0.6) is 0 Å². The second-order valence-corrected chi connectivity index (χ2v) is 5.12. The SMILES string of the molecule is CCC1CCC(C(NN)C(CC)CC)C1. The van der Waals surface area contributed by atoms with Crippen LogP contribution in [0.1, 0.15) is 59.3 Å². The fourth-order valence-corrected chi connectivity index (χ4v) is 3.26. The molecule has 1 rings (SSSR count). The van der Waals surface area contributed by atoms with Crippen LogP contribution in [-0.2, 0) is 0 Å². The van der Waals surface area contributed by atoms with Crippen molar-refractivity contribution in [2.45, 2.75) is 65.3 Å². The molecule has 0 bridgehead atoms. The standard InChI is InChI=1S/C13H28N2/c1-4-10-7-8-12(9-10)13(15-14)11(5-2)6-3/h10-13,15H,4-9,14H2,1-3H3. The van der Waals surface area contributed by atoms with Gasteiger partial charge in [0.2, 0.25) is 0 Å². The first-order valence-electron chi connectivity index (χ1n) is 6.72. The summed E-state index contributed by atoms with van der Waals surface area (Å²) in [7, 11) is 0. The van der Waals surface area contributed by atoms with Crippen molar-refractivity contribution in [3.63, 3.8) is 0 Å². The van der Waals surface area contributed by atoms with Gasteiger partial charge in [-0.25, -0.2) is 0 Å². The van der Waals surface area contributed by atoms with Gasteiger partial charge < -0.3 is 0 Å². The molecule has 0 aromatic heterocycles. The fourth-order valence-electron chi connectivity index (χ4n) is 3.26. The quantitative estimate of drug-likeness (QED) is 0.524. The van der Waals surface area contributed by atoms with Gasteiger partial charge in [-0.15, -0.1) is 0 Å². The lowest BCUT2D eigenvalue weighted by molar-refractivity contribution is 0.243. The molecule has 0 amide bonds. The molecule has 0 aromatic carbocycles. The molecule has 0 aliphatic heterocycles. The molecule has 1 aliphatic carbocycles. The Kier molecular flexibility index (Phi) is 5.62. The normalized spacial score (nSPS) is 28.6. The van der Waals surface area contributed by atoms with Gasteiger partial charge in [0.15, 0.2) is 0 Å². The number of hydrazine groups is 1. The minimum Gasteiger partial charge on any atom is -0.271 e. The van der Waals surface area contributed by atoms with E-state index >= 15 is 0 Å². The summed E-state index contributed by atoms with van der Waals surface area (Å²) >= 11 is 0. The molecule has 0 spiro atoms. The molecule has 90 valence electrons. The Morgan fingerprint density at radius 3 is 2.27 bits per heavy atom. The van der Waals surface area contributed by atoms with Crippen LogP contribution in [0.3, 0.4) is 0 Å². The van der Waals surface area contributed by atoms with Gasteiger partial charge in [-0.1, -0.05) is 46.5 Å². The molecule has 0 saturated heterocycles. The average molecular weight is 212 g/mol. The van der Waals surface area contributed by atoms with Gasteiger partial charge >= 0.3 is 0 Å².